The summed E-state index contributed by atoms with van der Waals surface area (Å²) in [4.78, 5) is 56.1. The number of aryl methyl sites for hydroxylation is 1. The lowest BCUT2D eigenvalue weighted by Crippen LogP contribution is -2.46. The molecule has 0 radical (unpaired) electrons. The number of benzene rings is 1. The maximum atomic E-state index is 14.3. The minimum Gasteiger partial charge on any atom is -0.464 e. The van der Waals surface area contributed by atoms with Crippen LogP contribution in [0.2, 0.25) is 0 Å². The number of nitrogens with zero attached hydrogens (tertiary/aromatic N) is 3. The molecule has 0 saturated carbocycles. The highest BCUT2D eigenvalue weighted by molar-refractivity contribution is 6.07. The quantitative estimate of drug-likeness (QED) is 0.400. The van der Waals surface area contributed by atoms with Gasteiger partial charge in [-0.15, -0.1) is 0 Å². The van der Waals surface area contributed by atoms with Gasteiger partial charge in [0.1, 0.15) is 24.1 Å². The average Bonchev–Trinajstić information content (AvgIpc) is 3.49. The lowest BCUT2D eigenvalue weighted by Gasteiger charge is -2.24. The van der Waals surface area contributed by atoms with E-state index in [0.29, 0.717) is 47.1 Å². The highest BCUT2D eigenvalue weighted by Gasteiger charge is 2.34. The number of esters is 1. The first-order chi connectivity index (χ1) is 17.2. The molecule has 0 spiro atoms. The fourth-order valence-corrected chi connectivity index (χ4v) is 4.50. The third kappa shape index (κ3) is 4.84. The second kappa shape index (κ2) is 10.3. The first kappa shape index (κ1) is 25.0. The smallest absolute Gasteiger partial charge is 0.356 e. The normalized spacial score (nSPS) is 15.2. The Morgan fingerprint density at radius 3 is 2.69 bits per heavy atom. The molecule has 1 atom stereocenters. The number of hydrogen-bond donors (Lipinski definition) is 1. The third-order valence-corrected chi connectivity index (χ3v) is 6.40. The largest absolute Gasteiger partial charge is 0.464 e. The summed E-state index contributed by atoms with van der Waals surface area (Å²) in [7, 11) is 1.24. The molecule has 9 nitrogen and oxygen atoms in total. The van der Waals surface area contributed by atoms with E-state index in [4.69, 9.17) is 4.74 Å². The van der Waals surface area contributed by atoms with Crippen LogP contribution in [0.3, 0.4) is 0 Å². The number of pyridine rings is 1. The number of Topliss-reactive ketones (excluding diaryl/α,β-unsaturated/α-hetero) is 1. The van der Waals surface area contributed by atoms with Crippen molar-refractivity contribution in [2.45, 2.75) is 45.8 Å². The van der Waals surface area contributed by atoms with Crippen LogP contribution in [-0.2, 0) is 27.4 Å². The van der Waals surface area contributed by atoms with Gasteiger partial charge in [-0.05, 0) is 44.4 Å². The summed E-state index contributed by atoms with van der Waals surface area (Å²) < 4.78 is 20.5. The number of carbonyl (C=O) groups excluding carboxylic acids is 4. The van der Waals surface area contributed by atoms with Crippen molar-refractivity contribution in [2.24, 2.45) is 0 Å². The van der Waals surface area contributed by atoms with Gasteiger partial charge in [-0.2, -0.15) is 0 Å². The van der Waals surface area contributed by atoms with Gasteiger partial charge < -0.3 is 19.5 Å². The van der Waals surface area contributed by atoms with Crippen LogP contribution in [0.5, 0.6) is 0 Å². The van der Waals surface area contributed by atoms with Gasteiger partial charge in [-0.3, -0.25) is 14.4 Å². The van der Waals surface area contributed by atoms with Crippen molar-refractivity contribution >= 4 is 34.6 Å². The van der Waals surface area contributed by atoms with E-state index in [1.165, 1.54) is 35.8 Å². The summed E-state index contributed by atoms with van der Waals surface area (Å²) in [5.74, 6) is -1.89. The van der Waals surface area contributed by atoms with Crippen LogP contribution in [0.25, 0.3) is 11.0 Å². The number of fused-ring (bicyclic) bond motifs is 1. The summed E-state index contributed by atoms with van der Waals surface area (Å²) in [6.07, 6.45) is 2.67. The van der Waals surface area contributed by atoms with Crippen molar-refractivity contribution < 1.29 is 28.3 Å². The van der Waals surface area contributed by atoms with E-state index in [1.807, 2.05) is 0 Å². The Bertz CT molecular complexity index is 1370. The van der Waals surface area contributed by atoms with Gasteiger partial charge in [0.05, 0.1) is 7.11 Å². The SMILES string of the molecule is COC(=O)c1ccc2c(C(C)=O)cn(CC(=O)N3CCCC3C(=O)NCc3cccc(C)c3F)c2n1. The Labute approximate surface area is 207 Å². The second-order valence-electron chi connectivity index (χ2n) is 8.80. The standard InChI is InChI=1S/C26H27FN4O5/c1-15-6-4-7-17(23(15)27)12-28-25(34)21-8-5-11-31(21)22(33)14-30-13-19(16(2)32)18-9-10-20(26(35)36-3)29-24(18)30/h4,6-7,9-10,13,21H,5,8,11-12,14H2,1-3H3,(H,28,34). The molecule has 1 saturated heterocycles. The van der Waals surface area contributed by atoms with E-state index in [2.05, 4.69) is 10.3 Å². The number of methoxy groups -OCH3 is 1. The highest BCUT2D eigenvalue weighted by Crippen LogP contribution is 2.24. The average molecular weight is 495 g/mol. The van der Waals surface area contributed by atoms with Crippen molar-refractivity contribution in [3.05, 3.63) is 64.7 Å². The zero-order valence-electron chi connectivity index (χ0n) is 20.3. The fourth-order valence-electron chi connectivity index (χ4n) is 4.50. The Kier molecular flexibility index (Phi) is 7.14. The van der Waals surface area contributed by atoms with Crippen LogP contribution in [0, 0.1) is 12.7 Å². The zero-order valence-corrected chi connectivity index (χ0v) is 20.3. The van der Waals surface area contributed by atoms with Crippen molar-refractivity contribution in [1.29, 1.82) is 0 Å². The molecule has 1 aromatic carbocycles. The Balaban J connectivity index is 1.53. The lowest BCUT2D eigenvalue weighted by atomic mass is 10.1. The van der Waals surface area contributed by atoms with Gasteiger partial charge >= 0.3 is 5.97 Å². The van der Waals surface area contributed by atoms with Crippen LogP contribution in [-0.4, -0.2) is 57.7 Å². The molecule has 1 fully saturated rings. The molecule has 1 aliphatic rings. The van der Waals surface area contributed by atoms with Crippen LogP contribution >= 0.6 is 0 Å². The molecule has 2 amide bonds. The molecule has 2 aromatic heterocycles. The van der Waals surface area contributed by atoms with E-state index in [-0.39, 0.29) is 42.2 Å². The molecule has 188 valence electrons. The van der Waals surface area contributed by atoms with Crippen LogP contribution in [0.15, 0.2) is 36.5 Å². The van der Waals surface area contributed by atoms with Crippen LogP contribution in [0.1, 0.15) is 51.7 Å². The topological polar surface area (TPSA) is 111 Å². The van der Waals surface area contributed by atoms with Crippen molar-refractivity contribution in [1.82, 2.24) is 19.8 Å². The molecular weight excluding hydrogens is 467 g/mol. The number of ether oxygens (including phenoxy) is 1. The number of hydrogen-bond acceptors (Lipinski definition) is 6. The first-order valence-electron chi connectivity index (χ1n) is 11.6. The van der Waals surface area contributed by atoms with E-state index < -0.39 is 12.0 Å². The predicted octanol–water partition coefficient (Wildman–Crippen LogP) is 2.78. The Hall–Kier alpha value is -4.08. The molecule has 3 heterocycles. The molecule has 0 bridgehead atoms. The maximum Gasteiger partial charge on any atom is 0.356 e. The Morgan fingerprint density at radius 2 is 1.97 bits per heavy atom. The predicted molar refractivity (Wildman–Crippen MR) is 129 cm³/mol. The van der Waals surface area contributed by atoms with Gasteiger partial charge in [0.25, 0.3) is 0 Å². The number of aromatic nitrogens is 2. The summed E-state index contributed by atoms with van der Waals surface area (Å²) in [5.41, 5.74) is 1.59. The lowest BCUT2D eigenvalue weighted by molar-refractivity contribution is -0.138. The number of ketones is 1. The Morgan fingerprint density at radius 1 is 1.19 bits per heavy atom. The monoisotopic (exact) mass is 494 g/mol. The first-order valence-corrected chi connectivity index (χ1v) is 11.6. The zero-order chi connectivity index (χ0) is 26.0. The molecule has 0 aliphatic carbocycles. The molecule has 1 aliphatic heterocycles. The second-order valence-corrected chi connectivity index (χ2v) is 8.80. The number of halogens is 1. The maximum absolute atomic E-state index is 14.3. The minimum atomic E-state index is -0.682. The molecule has 10 heteroatoms. The summed E-state index contributed by atoms with van der Waals surface area (Å²) >= 11 is 0. The number of rotatable bonds is 7. The minimum absolute atomic E-state index is 0.0231. The highest BCUT2D eigenvalue weighted by atomic mass is 19.1. The molecule has 36 heavy (non-hydrogen) atoms. The summed E-state index contributed by atoms with van der Waals surface area (Å²) in [6.45, 7) is 3.32. The fraction of sp³-hybridized carbons (Fsp3) is 0.346. The van der Waals surface area contributed by atoms with Crippen molar-refractivity contribution in [3.8, 4) is 0 Å². The van der Waals surface area contributed by atoms with Gasteiger partial charge in [-0.25, -0.2) is 14.2 Å². The van der Waals surface area contributed by atoms with Gasteiger partial charge in [-0.1, -0.05) is 18.2 Å². The molecular formula is C26H27FN4O5. The number of nitrogens with one attached hydrogen (secondary N) is 1. The molecule has 4 rings (SSSR count). The number of carbonyl (C=O) groups is 4. The number of amides is 2. The van der Waals surface area contributed by atoms with Crippen LogP contribution in [0.4, 0.5) is 4.39 Å². The van der Waals surface area contributed by atoms with Gasteiger partial charge in [0.2, 0.25) is 11.8 Å². The van der Waals surface area contributed by atoms with E-state index >= 15 is 0 Å². The number of likely N-dealkylation sites (tertiary alicyclic amines) is 1. The van der Waals surface area contributed by atoms with Crippen LogP contribution < -0.4 is 5.32 Å². The molecule has 3 aromatic rings. The summed E-state index contributed by atoms with van der Waals surface area (Å²) in [5, 5.41) is 3.26. The molecule has 1 unspecified atom stereocenters. The van der Waals surface area contributed by atoms with Gasteiger partial charge in [0, 0.05) is 35.8 Å². The molecule has 1 N–H and O–H groups in total. The van der Waals surface area contributed by atoms with E-state index in [0.717, 1.165) is 0 Å². The van der Waals surface area contributed by atoms with E-state index in [9.17, 15) is 23.6 Å². The van der Waals surface area contributed by atoms with E-state index in [1.54, 1.807) is 31.2 Å². The van der Waals surface area contributed by atoms with Crippen molar-refractivity contribution in [2.75, 3.05) is 13.7 Å². The van der Waals surface area contributed by atoms with Gasteiger partial charge in [0.15, 0.2) is 11.5 Å². The van der Waals surface area contributed by atoms with Crippen molar-refractivity contribution in [3.63, 3.8) is 0 Å². The summed E-state index contributed by atoms with van der Waals surface area (Å²) in [6, 6.07) is 7.37. The third-order valence-electron chi connectivity index (χ3n) is 6.40.